The van der Waals surface area contributed by atoms with Gasteiger partial charge in [0.1, 0.15) is 0 Å². The first-order valence-corrected chi connectivity index (χ1v) is 9.06. The minimum atomic E-state index is 0. The van der Waals surface area contributed by atoms with Gasteiger partial charge in [-0.15, -0.1) is 24.0 Å². The van der Waals surface area contributed by atoms with Crippen LogP contribution in [0.4, 0.5) is 0 Å². The van der Waals surface area contributed by atoms with Crippen LogP contribution in [0.15, 0.2) is 21.8 Å². The molecule has 21 heavy (non-hydrogen) atoms. The number of hydrogen-bond acceptors (Lipinski definition) is 3. The lowest BCUT2D eigenvalue weighted by Crippen LogP contribution is -2.51. The highest BCUT2D eigenvalue weighted by Crippen LogP contribution is 2.29. The molecule has 1 aliphatic rings. The summed E-state index contributed by atoms with van der Waals surface area (Å²) in [5.41, 5.74) is 1.41. The van der Waals surface area contributed by atoms with Gasteiger partial charge in [0.2, 0.25) is 0 Å². The Kier molecular flexibility index (Phi) is 7.84. The van der Waals surface area contributed by atoms with E-state index in [0.29, 0.717) is 10.7 Å². The van der Waals surface area contributed by atoms with Crippen molar-refractivity contribution in [3.8, 4) is 0 Å². The maximum Gasteiger partial charge on any atom is 0.193 e. The minimum Gasteiger partial charge on any atom is -0.356 e. The summed E-state index contributed by atoms with van der Waals surface area (Å²) >= 11 is 3.82. The monoisotopic (exact) mass is 439 g/mol. The second-order valence-corrected chi connectivity index (χ2v) is 8.50. The summed E-state index contributed by atoms with van der Waals surface area (Å²) in [5.74, 6) is 2.74. The Bertz CT molecular complexity index is 446. The Morgan fingerprint density at radius 1 is 1.52 bits per heavy atom. The van der Waals surface area contributed by atoms with E-state index in [9.17, 15) is 0 Å². The Hall–Kier alpha value is 0.0500. The van der Waals surface area contributed by atoms with E-state index in [1.807, 2.05) is 7.05 Å². The summed E-state index contributed by atoms with van der Waals surface area (Å²) in [6.45, 7) is 9.97. The molecule has 0 radical (unpaired) electrons. The van der Waals surface area contributed by atoms with Gasteiger partial charge < -0.3 is 10.2 Å². The van der Waals surface area contributed by atoms with Crippen molar-refractivity contribution < 1.29 is 0 Å². The maximum absolute atomic E-state index is 4.46. The zero-order chi connectivity index (χ0) is 14.6. The van der Waals surface area contributed by atoms with Gasteiger partial charge in [-0.25, -0.2) is 0 Å². The average Bonchev–Trinajstić information content (AvgIpc) is 2.92. The van der Waals surface area contributed by atoms with Crippen LogP contribution in [0.25, 0.3) is 0 Å². The van der Waals surface area contributed by atoms with Crippen LogP contribution in [-0.2, 0) is 0 Å². The van der Waals surface area contributed by atoms with E-state index in [1.54, 1.807) is 11.3 Å². The van der Waals surface area contributed by atoms with Crippen LogP contribution in [0.1, 0.15) is 32.3 Å². The number of thioether (sulfide) groups is 1. The Labute approximate surface area is 154 Å². The van der Waals surface area contributed by atoms with Gasteiger partial charge in [0.05, 0.1) is 0 Å². The third-order valence-electron chi connectivity index (χ3n) is 3.62. The van der Waals surface area contributed by atoms with E-state index >= 15 is 0 Å². The molecule has 0 spiro atoms. The van der Waals surface area contributed by atoms with E-state index in [4.69, 9.17) is 0 Å². The second-order valence-electron chi connectivity index (χ2n) is 5.92. The lowest BCUT2D eigenvalue weighted by atomic mass is 10.1. The van der Waals surface area contributed by atoms with Crippen molar-refractivity contribution in [2.75, 3.05) is 32.4 Å². The van der Waals surface area contributed by atoms with Crippen molar-refractivity contribution in [1.29, 1.82) is 0 Å². The molecule has 1 aliphatic heterocycles. The van der Waals surface area contributed by atoms with Gasteiger partial charge >= 0.3 is 0 Å². The first-order valence-electron chi connectivity index (χ1n) is 7.13. The van der Waals surface area contributed by atoms with Crippen LogP contribution in [-0.4, -0.2) is 48.0 Å². The van der Waals surface area contributed by atoms with Crippen LogP contribution < -0.4 is 5.32 Å². The van der Waals surface area contributed by atoms with E-state index in [0.717, 1.165) is 25.6 Å². The van der Waals surface area contributed by atoms with E-state index in [-0.39, 0.29) is 24.0 Å². The first kappa shape index (κ1) is 19.1. The van der Waals surface area contributed by atoms with Crippen LogP contribution in [0.2, 0.25) is 0 Å². The smallest absolute Gasteiger partial charge is 0.193 e. The van der Waals surface area contributed by atoms with Gasteiger partial charge in [-0.3, -0.25) is 4.99 Å². The highest BCUT2D eigenvalue weighted by atomic mass is 127. The molecule has 0 amide bonds. The topological polar surface area (TPSA) is 27.6 Å². The summed E-state index contributed by atoms with van der Waals surface area (Å²) in [7, 11) is 1.88. The summed E-state index contributed by atoms with van der Waals surface area (Å²) in [6, 6.07) is 2.21. The first-order chi connectivity index (χ1) is 9.52. The zero-order valence-corrected chi connectivity index (χ0v) is 17.2. The normalized spacial score (nSPS) is 19.8. The molecule has 1 fully saturated rings. The Morgan fingerprint density at radius 3 is 2.86 bits per heavy atom. The fourth-order valence-electron chi connectivity index (χ4n) is 2.45. The number of nitrogens with one attached hydrogen (secondary N) is 1. The Balaban J connectivity index is 0.00000220. The van der Waals surface area contributed by atoms with E-state index in [1.165, 1.54) is 11.3 Å². The number of guanidine groups is 1. The summed E-state index contributed by atoms with van der Waals surface area (Å²) in [5, 5.41) is 7.91. The third kappa shape index (κ3) is 5.63. The highest BCUT2D eigenvalue weighted by molar-refractivity contribution is 14.0. The van der Waals surface area contributed by atoms with E-state index in [2.05, 4.69) is 64.6 Å². The molecular formula is C15H26IN3S2. The molecular weight excluding hydrogens is 413 g/mol. The lowest BCUT2D eigenvalue weighted by Gasteiger charge is -2.39. The molecule has 6 heteroatoms. The largest absolute Gasteiger partial charge is 0.356 e. The predicted octanol–water partition coefficient (Wildman–Crippen LogP) is 3.87. The van der Waals surface area contributed by atoms with Crippen molar-refractivity contribution in [3.63, 3.8) is 0 Å². The molecule has 1 unspecified atom stereocenters. The molecule has 3 nitrogen and oxygen atoms in total. The van der Waals surface area contributed by atoms with Crippen LogP contribution in [0.3, 0.4) is 0 Å². The van der Waals surface area contributed by atoms with Crippen LogP contribution in [0, 0.1) is 0 Å². The van der Waals surface area contributed by atoms with Gasteiger partial charge in [0.25, 0.3) is 0 Å². The molecule has 1 saturated heterocycles. The van der Waals surface area contributed by atoms with Crippen LogP contribution >= 0.6 is 47.1 Å². The fourth-order valence-corrected chi connectivity index (χ4v) is 4.34. The molecule has 0 aromatic carbocycles. The molecule has 0 bridgehead atoms. The summed E-state index contributed by atoms with van der Waals surface area (Å²) in [4.78, 5) is 6.84. The van der Waals surface area contributed by atoms with Crippen molar-refractivity contribution in [2.24, 2.45) is 4.99 Å². The van der Waals surface area contributed by atoms with Gasteiger partial charge in [-0.05, 0) is 42.2 Å². The third-order valence-corrected chi connectivity index (χ3v) is 5.61. The highest BCUT2D eigenvalue weighted by Gasteiger charge is 2.28. The number of nitrogens with zero attached hydrogens (tertiary/aromatic N) is 2. The molecule has 1 atom stereocenters. The van der Waals surface area contributed by atoms with Gasteiger partial charge in [-0.2, -0.15) is 23.1 Å². The van der Waals surface area contributed by atoms with Gasteiger partial charge in [0.15, 0.2) is 5.96 Å². The Morgan fingerprint density at radius 2 is 2.29 bits per heavy atom. The number of halogens is 1. The molecule has 120 valence electrons. The number of hydrogen-bond donors (Lipinski definition) is 1. The lowest BCUT2D eigenvalue weighted by molar-refractivity contribution is 0.375. The molecule has 2 heterocycles. The maximum atomic E-state index is 4.46. The zero-order valence-electron chi connectivity index (χ0n) is 13.3. The molecule has 0 aliphatic carbocycles. The SMILES string of the molecule is CN=C(NCC(C)c1ccsc1)N1CCSC(C)(C)C1.I. The van der Waals surface area contributed by atoms with Gasteiger partial charge in [-0.1, -0.05) is 6.92 Å². The molecule has 1 N–H and O–H groups in total. The molecule has 1 aromatic rings. The number of rotatable bonds is 3. The average molecular weight is 439 g/mol. The predicted molar refractivity (Wildman–Crippen MR) is 108 cm³/mol. The van der Waals surface area contributed by atoms with Crippen LogP contribution in [0.5, 0.6) is 0 Å². The number of aliphatic imine (C=N–C) groups is 1. The number of thiophene rings is 1. The standard InChI is InChI=1S/C15H25N3S2.HI/c1-12(13-5-7-19-10-13)9-17-14(16-4)18-6-8-20-15(2,3)11-18;/h5,7,10,12H,6,8-9,11H2,1-4H3,(H,16,17);1H. The van der Waals surface area contributed by atoms with Crippen molar-refractivity contribution in [1.82, 2.24) is 10.2 Å². The van der Waals surface area contributed by atoms with Crippen molar-refractivity contribution >= 4 is 53.0 Å². The van der Waals surface area contributed by atoms with E-state index < -0.39 is 0 Å². The fraction of sp³-hybridized carbons (Fsp3) is 0.667. The quantitative estimate of drug-likeness (QED) is 0.440. The summed E-state index contributed by atoms with van der Waals surface area (Å²) < 4.78 is 0.314. The molecule has 0 saturated carbocycles. The molecule has 1 aromatic heterocycles. The van der Waals surface area contributed by atoms with Crippen molar-refractivity contribution in [2.45, 2.75) is 31.4 Å². The molecule has 2 rings (SSSR count). The van der Waals surface area contributed by atoms with Gasteiger partial charge in [0, 0.05) is 37.2 Å². The minimum absolute atomic E-state index is 0. The second kappa shape index (κ2) is 8.62. The summed E-state index contributed by atoms with van der Waals surface area (Å²) in [6.07, 6.45) is 0. The van der Waals surface area contributed by atoms with Crippen molar-refractivity contribution in [3.05, 3.63) is 22.4 Å².